The Morgan fingerprint density at radius 3 is 2.72 bits per heavy atom. The first-order valence-corrected chi connectivity index (χ1v) is 9.37. The quantitative estimate of drug-likeness (QED) is 0.840. The van der Waals surface area contributed by atoms with Crippen LogP contribution in [0.3, 0.4) is 0 Å². The Hall–Kier alpha value is -1.44. The minimum Gasteiger partial charge on any atom is -0.390 e. The number of hydrogen-bond acceptors (Lipinski definition) is 5. The summed E-state index contributed by atoms with van der Waals surface area (Å²) in [6.45, 7) is 4.53. The second kappa shape index (κ2) is 10.5. The van der Waals surface area contributed by atoms with E-state index >= 15 is 0 Å². The van der Waals surface area contributed by atoms with Crippen LogP contribution >= 0.6 is 0 Å². The van der Waals surface area contributed by atoms with E-state index in [1.807, 2.05) is 6.92 Å². The van der Waals surface area contributed by atoms with Gasteiger partial charge in [0, 0.05) is 32.4 Å². The lowest BCUT2D eigenvalue weighted by Crippen LogP contribution is -2.38. The molecule has 7 nitrogen and oxygen atoms in total. The third-order valence-electron chi connectivity index (χ3n) is 4.64. The molecule has 25 heavy (non-hydrogen) atoms. The number of ether oxygens (including phenoxy) is 1. The summed E-state index contributed by atoms with van der Waals surface area (Å²) in [5.41, 5.74) is 0.571. The fraction of sp³-hybridized carbons (Fsp3) is 0.778. The van der Waals surface area contributed by atoms with Crippen molar-refractivity contribution in [1.82, 2.24) is 14.7 Å². The molecular formula is C18H31N3O4. The average molecular weight is 353 g/mol. The number of amides is 1. The van der Waals surface area contributed by atoms with Crippen LogP contribution in [-0.2, 0) is 11.3 Å². The van der Waals surface area contributed by atoms with Crippen LogP contribution in [0, 0.1) is 0 Å². The number of carbonyl (C=O) groups excluding carboxylic acids is 1. The van der Waals surface area contributed by atoms with Crippen molar-refractivity contribution in [2.45, 2.75) is 64.2 Å². The van der Waals surface area contributed by atoms with Gasteiger partial charge in [0.15, 0.2) is 0 Å². The van der Waals surface area contributed by atoms with Crippen LogP contribution in [0.4, 0.5) is 0 Å². The van der Waals surface area contributed by atoms with Gasteiger partial charge in [-0.2, -0.15) is 5.10 Å². The van der Waals surface area contributed by atoms with Gasteiger partial charge in [0.1, 0.15) is 6.10 Å². The number of aryl methyl sites for hydroxylation is 1. The van der Waals surface area contributed by atoms with Crippen molar-refractivity contribution >= 4 is 5.91 Å². The highest BCUT2D eigenvalue weighted by molar-refractivity contribution is 5.93. The highest BCUT2D eigenvalue weighted by atomic mass is 16.5. The monoisotopic (exact) mass is 353 g/mol. The van der Waals surface area contributed by atoms with Crippen molar-refractivity contribution in [1.29, 1.82) is 0 Å². The van der Waals surface area contributed by atoms with Crippen LogP contribution in [0.1, 0.15) is 55.8 Å². The van der Waals surface area contributed by atoms with Gasteiger partial charge < -0.3 is 19.8 Å². The SMILES string of the molecule is CCn1cc(C(=O)N2CCCCCCCOC[C@@H](O)[C@@H](O)CC2)cn1. The molecule has 1 aromatic rings. The fourth-order valence-corrected chi connectivity index (χ4v) is 2.98. The third-order valence-corrected chi connectivity index (χ3v) is 4.64. The fourth-order valence-electron chi connectivity index (χ4n) is 2.98. The van der Waals surface area contributed by atoms with Gasteiger partial charge in [-0.15, -0.1) is 0 Å². The Labute approximate surface area is 149 Å². The van der Waals surface area contributed by atoms with E-state index in [1.165, 1.54) is 0 Å². The Morgan fingerprint density at radius 1 is 1.20 bits per heavy atom. The summed E-state index contributed by atoms with van der Waals surface area (Å²) < 4.78 is 7.15. The summed E-state index contributed by atoms with van der Waals surface area (Å²) in [5, 5.41) is 24.3. The van der Waals surface area contributed by atoms with E-state index in [4.69, 9.17) is 4.74 Å². The van der Waals surface area contributed by atoms with Gasteiger partial charge in [-0.25, -0.2) is 0 Å². The summed E-state index contributed by atoms with van der Waals surface area (Å²) in [6, 6.07) is 0. The summed E-state index contributed by atoms with van der Waals surface area (Å²) in [5.74, 6) is -0.0651. The third kappa shape index (κ3) is 6.41. The number of carbonyl (C=O) groups is 1. The topological polar surface area (TPSA) is 87.8 Å². The summed E-state index contributed by atoms with van der Waals surface area (Å²) in [4.78, 5) is 14.5. The van der Waals surface area contributed by atoms with Gasteiger partial charge in [0.05, 0.1) is 24.5 Å². The molecule has 0 spiro atoms. The molecule has 0 bridgehead atoms. The number of hydrogen-bond donors (Lipinski definition) is 2. The molecule has 7 heteroatoms. The van der Waals surface area contributed by atoms with Crippen LogP contribution in [0.5, 0.6) is 0 Å². The summed E-state index contributed by atoms with van der Waals surface area (Å²) in [6.07, 6.45) is 7.04. The molecule has 0 radical (unpaired) electrons. The lowest BCUT2D eigenvalue weighted by Gasteiger charge is -2.25. The maximum atomic E-state index is 12.8. The molecule has 0 aromatic carbocycles. The van der Waals surface area contributed by atoms with Crippen molar-refractivity contribution in [3.05, 3.63) is 18.0 Å². The van der Waals surface area contributed by atoms with Crippen molar-refractivity contribution in [2.24, 2.45) is 0 Å². The molecule has 0 saturated carbocycles. The van der Waals surface area contributed by atoms with E-state index in [-0.39, 0.29) is 12.5 Å². The van der Waals surface area contributed by atoms with Crippen molar-refractivity contribution in [3.8, 4) is 0 Å². The molecule has 1 aliphatic rings. The van der Waals surface area contributed by atoms with Crippen LogP contribution in [0.25, 0.3) is 0 Å². The number of rotatable bonds is 2. The van der Waals surface area contributed by atoms with Crippen LogP contribution < -0.4 is 0 Å². The summed E-state index contributed by atoms with van der Waals surface area (Å²) >= 11 is 0. The zero-order valence-corrected chi connectivity index (χ0v) is 15.1. The molecule has 1 fully saturated rings. The molecule has 1 aromatic heterocycles. The first kappa shape index (κ1) is 19.9. The normalized spacial score (nSPS) is 24.7. The predicted octanol–water partition coefficient (Wildman–Crippen LogP) is 1.44. The standard InChI is InChI=1S/C18H31N3O4/c1-2-21-13-15(12-19-21)18(24)20-9-6-4-3-5-7-11-25-14-17(23)16(22)8-10-20/h12-13,16-17,22-23H,2-11,14H2,1H3/t16-,17+/m0/s1. The van der Waals surface area contributed by atoms with Gasteiger partial charge in [-0.3, -0.25) is 9.48 Å². The maximum Gasteiger partial charge on any atom is 0.257 e. The highest BCUT2D eigenvalue weighted by Gasteiger charge is 2.22. The smallest absolute Gasteiger partial charge is 0.257 e. The van der Waals surface area contributed by atoms with Crippen LogP contribution in [-0.4, -0.2) is 69.3 Å². The first-order chi connectivity index (χ1) is 12.1. The Balaban J connectivity index is 2.00. The molecule has 2 atom stereocenters. The largest absolute Gasteiger partial charge is 0.390 e. The van der Waals surface area contributed by atoms with Crippen LogP contribution in [0.2, 0.25) is 0 Å². The molecule has 1 amide bonds. The van der Waals surface area contributed by atoms with E-state index in [9.17, 15) is 15.0 Å². The minimum absolute atomic E-state index is 0.0651. The van der Waals surface area contributed by atoms with Gasteiger partial charge in [-0.1, -0.05) is 19.3 Å². The highest BCUT2D eigenvalue weighted by Crippen LogP contribution is 2.12. The van der Waals surface area contributed by atoms with Crippen molar-refractivity contribution in [3.63, 3.8) is 0 Å². The second-order valence-electron chi connectivity index (χ2n) is 6.64. The minimum atomic E-state index is -0.914. The molecule has 2 heterocycles. The lowest BCUT2D eigenvalue weighted by atomic mass is 10.1. The number of aliphatic hydroxyl groups excluding tert-OH is 2. The lowest BCUT2D eigenvalue weighted by molar-refractivity contribution is -0.0434. The zero-order valence-electron chi connectivity index (χ0n) is 15.1. The Kier molecular flexibility index (Phi) is 8.37. The first-order valence-electron chi connectivity index (χ1n) is 9.37. The molecule has 142 valence electrons. The van der Waals surface area contributed by atoms with Crippen LogP contribution in [0.15, 0.2) is 12.4 Å². The van der Waals surface area contributed by atoms with Gasteiger partial charge in [0.2, 0.25) is 0 Å². The molecule has 1 aliphatic heterocycles. The maximum absolute atomic E-state index is 12.8. The predicted molar refractivity (Wildman–Crippen MR) is 94.3 cm³/mol. The van der Waals surface area contributed by atoms with E-state index < -0.39 is 12.2 Å². The van der Waals surface area contributed by atoms with Crippen molar-refractivity contribution < 1.29 is 19.7 Å². The average Bonchev–Trinajstić information content (AvgIpc) is 3.10. The Bertz CT molecular complexity index is 520. The number of nitrogens with zero attached hydrogens (tertiary/aromatic N) is 3. The van der Waals surface area contributed by atoms with Gasteiger partial charge >= 0.3 is 0 Å². The van der Waals surface area contributed by atoms with Crippen molar-refractivity contribution in [2.75, 3.05) is 26.3 Å². The van der Waals surface area contributed by atoms with Gasteiger partial charge in [-0.05, 0) is 26.2 Å². The van der Waals surface area contributed by atoms with E-state index in [1.54, 1.807) is 22.0 Å². The molecular weight excluding hydrogens is 322 g/mol. The Morgan fingerprint density at radius 2 is 1.96 bits per heavy atom. The molecule has 0 aliphatic carbocycles. The van der Waals surface area contributed by atoms with Gasteiger partial charge in [0.25, 0.3) is 5.91 Å². The molecule has 1 saturated heterocycles. The molecule has 2 rings (SSSR count). The van der Waals surface area contributed by atoms with E-state index in [2.05, 4.69) is 5.10 Å². The van der Waals surface area contributed by atoms with E-state index in [0.717, 1.165) is 38.6 Å². The zero-order chi connectivity index (χ0) is 18.1. The number of aromatic nitrogens is 2. The molecule has 2 N–H and O–H groups in total. The molecule has 0 unspecified atom stereocenters. The summed E-state index contributed by atoms with van der Waals surface area (Å²) in [7, 11) is 0. The number of aliphatic hydroxyl groups is 2. The second-order valence-corrected chi connectivity index (χ2v) is 6.64. The van der Waals surface area contributed by atoms with E-state index in [0.29, 0.717) is 31.7 Å².